The molecule has 1 saturated heterocycles. The number of carbonyl (C=O) groups excluding carboxylic acids is 3. The third-order valence-electron chi connectivity index (χ3n) is 5.68. The first-order valence-corrected chi connectivity index (χ1v) is 10.7. The molecule has 1 aromatic carbocycles. The number of nitrogens with zero attached hydrogens (tertiary/aromatic N) is 3. The average molecular weight is 401 g/mol. The summed E-state index contributed by atoms with van der Waals surface area (Å²) in [5.41, 5.74) is 2.14. The van der Waals surface area contributed by atoms with Crippen molar-refractivity contribution in [2.45, 2.75) is 59.0 Å². The van der Waals surface area contributed by atoms with Crippen LogP contribution in [0.2, 0.25) is 0 Å². The smallest absolute Gasteiger partial charge is 0.253 e. The van der Waals surface area contributed by atoms with Crippen LogP contribution in [-0.2, 0) is 9.59 Å². The molecule has 0 aromatic heterocycles. The number of amides is 3. The van der Waals surface area contributed by atoms with Crippen LogP contribution >= 0.6 is 0 Å². The van der Waals surface area contributed by atoms with E-state index in [2.05, 4.69) is 10.2 Å². The van der Waals surface area contributed by atoms with E-state index in [1.807, 2.05) is 39.8 Å². The molecule has 0 bridgehead atoms. The molecule has 0 saturated carbocycles. The van der Waals surface area contributed by atoms with Crippen LogP contribution in [0.15, 0.2) is 18.2 Å². The second-order valence-corrected chi connectivity index (χ2v) is 8.03. The lowest BCUT2D eigenvalue weighted by Gasteiger charge is -2.45. The summed E-state index contributed by atoms with van der Waals surface area (Å²) in [6.07, 6.45) is 2.84. The topological polar surface area (TPSA) is 73.0 Å². The molecule has 0 aliphatic carbocycles. The highest BCUT2D eigenvalue weighted by Gasteiger charge is 2.40. The van der Waals surface area contributed by atoms with E-state index < -0.39 is 0 Å². The Morgan fingerprint density at radius 1 is 1.17 bits per heavy atom. The standard InChI is InChI=1S/C22H32N4O3/c1-5-24(6-2)21(28)16-10-11-17-19(13-16)26(14-20(27)23-15(3)4)22(29)18-9-7-8-12-25(17)18/h10-11,13,15,18H,5-9,12,14H2,1-4H3,(H,23,27)/t18-/m0/s1. The van der Waals surface area contributed by atoms with Crippen LogP contribution in [0.4, 0.5) is 11.4 Å². The molecule has 7 nitrogen and oxygen atoms in total. The molecule has 0 radical (unpaired) electrons. The van der Waals surface area contributed by atoms with E-state index in [9.17, 15) is 14.4 Å². The predicted molar refractivity (Wildman–Crippen MR) is 114 cm³/mol. The Morgan fingerprint density at radius 2 is 1.90 bits per heavy atom. The van der Waals surface area contributed by atoms with Gasteiger partial charge < -0.3 is 15.1 Å². The first-order valence-electron chi connectivity index (χ1n) is 10.7. The maximum Gasteiger partial charge on any atom is 0.253 e. The fourth-order valence-corrected chi connectivity index (χ4v) is 4.26. The van der Waals surface area contributed by atoms with Crippen molar-refractivity contribution in [2.24, 2.45) is 0 Å². The van der Waals surface area contributed by atoms with Gasteiger partial charge in [-0.2, -0.15) is 0 Å². The molecule has 1 fully saturated rings. The number of piperidine rings is 1. The molecule has 3 amide bonds. The Hall–Kier alpha value is -2.57. The second kappa shape index (κ2) is 8.84. The van der Waals surface area contributed by atoms with Crippen LogP contribution in [0.1, 0.15) is 57.3 Å². The summed E-state index contributed by atoms with van der Waals surface area (Å²) in [4.78, 5) is 44.1. The molecule has 0 spiro atoms. The van der Waals surface area contributed by atoms with E-state index in [4.69, 9.17) is 0 Å². The highest BCUT2D eigenvalue weighted by Crippen LogP contribution is 2.40. The molecule has 3 rings (SSSR count). The quantitative estimate of drug-likeness (QED) is 0.796. The summed E-state index contributed by atoms with van der Waals surface area (Å²) in [7, 11) is 0. The van der Waals surface area contributed by atoms with Crippen molar-refractivity contribution in [3.63, 3.8) is 0 Å². The number of hydrogen-bond acceptors (Lipinski definition) is 4. The Labute approximate surface area is 173 Å². The van der Waals surface area contributed by atoms with Crippen LogP contribution in [0.25, 0.3) is 0 Å². The Bertz CT molecular complexity index is 788. The van der Waals surface area contributed by atoms with E-state index in [1.54, 1.807) is 15.9 Å². The van der Waals surface area contributed by atoms with Gasteiger partial charge in [0.05, 0.1) is 11.4 Å². The molecule has 7 heteroatoms. The summed E-state index contributed by atoms with van der Waals surface area (Å²) in [6.45, 7) is 9.73. The number of anilines is 2. The van der Waals surface area contributed by atoms with Crippen molar-refractivity contribution < 1.29 is 14.4 Å². The minimum atomic E-state index is -0.229. The van der Waals surface area contributed by atoms with Crippen LogP contribution in [-0.4, -0.2) is 60.9 Å². The number of rotatable bonds is 6. The maximum atomic E-state index is 13.3. The van der Waals surface area contributed by atoms with E-state index >= 15 is 0 Å². The van der Waals surface area contributed by atoms with Gasteiger partial charge in [-0.05, 0) is 65.2 Å². The predicted octanol–water partition coefficient (Wildman–Crippen LogP) is 2.40. The number of hydrogen-bond donors (Lipinski definition) is 1. The van der Waals surface area contributed by atoms with Gasteiger partial charge in [0.15, 0.2) is 0 Å². The molecule has 1 atom stereocenters. The Kier molecular flexibility index (Phi) is 6.45. The molecule has 0 unspecified atom stereocenters. The lowest BCUT2D eigenvalue weighted by atomic mass is 9.95. The zero-order chi connectivity index (χ0) is 21.1. The van der Waals surface area contributed by atoms with Gasteiger partial charge in [0.2, 0.25) is 11.8 Å². The van der Waals surface area contributed by atoms with Gasteiger partial charge in [0, 0.05) is 31.2 Å². The SMILES string of the molecule is CCN(CC)C(=O)c1ccc2c(c1)N(CC(=O)NC(C)C)C(=O)[C@@H]1CCCCN21. The van der Waals surface area contributed by atoms with E-state index in [0.29, 0.717) is 24.3 Å². The van der Waals surface area contributed by atoms with Gasteiger partial charge in [0.1, 0.15) is 12.6 Å². The van der Waals surface area contributed by atoms with Crippen LogP contribution in [0.5, 0.6) is 0 Å². The fourth-order valence-electron chi connectivity index (χ4n) is 4.26. The molecule has 2 aliphatic rings. The maximum absolute atomic E-state index is 13.3. The summed E-state index contributed by atoms with van der Waals surface area (Å²) >= 11 is 0. The Morgan fingerprint density at radius 3 is 2.55 bits per heavy atom. The summed E-state index contributed by atoms with van der Waals surface area (Å²) in [5.74, 6) is -0.301. The highest BCUT2D eigenvalue weighted by molar-refractivity contribution is 6.09. The number of carbonyl (C=O) groups is 3. The van der Waals surface area contributed by atoms with Crippen molar-refractivity contribution in [2.75, 3.05) is 36.0 Å². The first-order chi connectivity index (χ1) is 13.9. The number of benzene rings is 1. The van der Waals surface area contributed by atoms with Crippen LogP contribution in [0, 0.1) is 0 Å². The monoisotopic (exact) mass is 400 g/mol. The first kappa shape index (κ1) is 21.1. The van der Waals surface area contributed by atoms with Crippen molar-refractivity contribution in [3.8, 4) is 0 Å². The molecule has 29 heavy (non-hydrogen) atoms. The van der Waals surface area contributed by atoms with E-state index in [1.165, 1.54) is 0 Å². The van der Waals surface area contributed by atoms with Crippen LogP contribution < -0.4 is 15.1 Å². The molecule has 1 aromatic rings. The van der Waals surface area contributed by atoms with Gasteiger partial charge in [-0.15, -0.1) is 0 Å². The molecular formula is C22H32N4O3. The lowest BCUT2D eigenvalue weighted by molar-refractivity contribution is -0.125. The molecule has 158 valence electrons. The van der Waals surface area contributed by atoms with Crippen molar-refractivity contribution >= 4 is 29.1 Å². The third-order valence-corrected chi connectivity index (χ3v) is 5.68. The molecule has 2 aliphatic heterocycles. The largest absolute Gasteiger partial charge is 0.358 e. The molecular weight excluding hydrogens is 368 g/mol. The number of nitrogens with one attached hydrogen (secondary N) is 1. The summed E-state index contributed by atoms with van der Waals surface area (Å²) < 4.78 is 0. The van der Waals surface area contributed by atoms with Gasteiger partial charge >= 0.3 is 0 Å². The molecule has 2 heterocycles. The zero-order valence-electron chi connectivity index (χ0n) is 17.9. The lowest BCUT2D eigenvalue weighted by Crippen LogP contribution is -2.57. The fraction of sp³-hybridized carbons (Fsp3) is 0.591. The highest BCUT2D eigenvalue weighted by atomic mass is 16.2. The van der Waals surface area contributed by atoms with Crippen molar-refractivity contribution in [1.29, 1.82) is 0 Å². The minimum Gasteiger partial charge on any atom is -0.358 e. The van der Waals surface area contributed by atoms with Gasteiger partial charge in [-0.25, -0.2) is 0 Å². The summed E-state index contributed by atoms with van der Waals surface area (Å²) in [5, 5.41) is 2.87. The van der Waals surface area contributed by atoms with Gasteiger partial charge in [-0.3, -0.25) is 19.3 Å². The minimum absolute atomic E-state index is 0.00335. The van der Waals surface area contributed by atoms with Gasteiger partial charge in [0.25, 0.3) is 5.91 Å². The second-order valence-electron chi connectivity index (χ2n) is 8.03. The number of fused-ring (bicyclic) bond motifs is 3. The van der Waals surface area contributed by atoms with Crippen LogP contribution in [0.3, 0.4) is 0 Å². The third kappa shape index (κ3) is 4.23. The molecule has 1 N–H and O–H groups in total. The normalized spacial score (nSPS) is 18.4. The van der Waals surface area contributed by atoms with Gasteiger partial charge in [-0.1, -0.05) is 0 Å². The Balaban J connectivity index is 2.00. The summed E-state index contributed by atoms with van der Waals surface area (Å²) in [6, 6.07) is 5.33. The average Bonchev–Trinajstić information content (AvgIpc) is 2.71. The van der Waals surface area contributed by atoms with E-state index in [-0.39, 0.29) is 36.3 Å². The van der Waals surface area contributed by atoms with Crippen molar-refractivity contribution in [3.05, 3.63) is 23.8 Å². The van der Waals surface area contributed by atoms with E-state index in [0.717, 1.165) is 31.5 Å². The van der Waals surface area contributed by atoms with Crippen molar-refractivity contribution in [1.82, 2.24) is 10.2 Å². The zero-order valence-corrected chi connectivity index (χ0v) is 17.9.